The van der Waals surface area contributed by atoms with Crippen LogP contribution in [0, 0.1) is 5.82 Å². The van der Waals surface area contributed by atoms with E-state index in [2.05, 4.69) is 4.72 Å². The molecule has 1 heterocycles. The van der Waals surface area contributed by atoms with Gasteiger partial charge in [0.1, 0.15) is 23.4 Å². The lowest BCUT2D eigenvalue weighted by Crippen LogP contribution is -2.39. The van der Waals surface area contributed by atoms with Gasteiger partial charge in [0.05, 0.1) is 12.6 Å². The van der Waals surface area contributed by atoms with Gasteiger partial charge < -0.3 is 4.74 Å². The third-order valence-electron chi connectivity index (χ3n) is 5.45. The Morgan fingerprint density at radius 1 is 1.06 bits per heavy atom. The van der Waals surface area contributed by atoms with Crippen LogP contribution in [0.25, 0.3) is 0 Å². The van der Waals surface area contributed by atoms with Crippen molar-refractivity contribution in [1.29, 1.82) is 0 Å². The highest BCUT2D eigenvalue weighted by atomic mass is 32.2. The average molecular weight is 457 g/mol. The standard InChI is InChI=1S/C24H25FN2O4S/c1-27-24(19-11-7-12-21(14-19)30-16-18-8-3-2-4-9-18)23(17-31-27)32(28,29)26-15-20-10-5-6-13-22(20)25/h2-14,23-24,26H,15-17H2,1H3/t23-,24-/m0/s1. The Labute approximate surface area is 187 Å². The van der Waals surface area contributed by atoms with E-state index in [1.54, 1.807) is 30.3 Å². The second-order valence-corrected chi connectivity index (χ2v) is 9.61. The van der Waals surface area contributed by atoms with Crippen molar-refractivity contribution in [2.45, 2.75) is 24.4 Å². The molecule has 1 aliphatic rings. The van der Waals surface area contributed by atoms with Crippen LogP contribution in [0.2, 0.25) is 0 Å². The molecular formula is C24H25FN2O4S. The van der Waals surface area contributed by atoms with Gasteiger partial charge >= 0.3 is 0 Å². The van der Waals surface area contributed by atoms with Crippen molar-refractivity contribution in [2.24, 2.45) is 0 Å². The molecular weight excluding hydrogens is 431 g/mol. The number of nitrogens with zero attached hydrogens (tertiary/aromatic N) is 1. The Morgan fingerprint density at radius 3 is 2.59 bits per heavy atom. The topological polar surface area (TPSA) is 67.9 Å². The monoisotopic (exact) mass is 456 g/mol. The van der Waals surface area contributed by atoms with Crippen molar-refractivity contribution in [3.05, 3.63) is 101 Å². The first kappa shape index (κ1) is 22.4. The van der Waals surface area contributed by atoms with Gasteiger partial charge in [-0.25, -0.2) is 17.5 Å². The zero-order chi connectivity index (χ0) is 22.6. The molecule has 0 spiro atoms. The number of halogens is 1. The molecule has 0 saturated carbocycles. The number of hydroxylamine groups is 2. The Hall–Kier alpha value is -2.78. The van der Waals surface area contributed by atoms with E-state index in [1.165, 1.54) is 6.07 Å². The fourth-order valence-electron chi connectivity index (χ4n) is 3.74. The minimum absolute atomic E-state index is 0.00285. The van der Waals surface area contributed by atoms with Crippen LogP contribution in [0.4, 0.5) is 4.39 Å². The molecule has 1 aliphatic heterocycles. The van der Waals surface area contributed by atoms with Crippen molar-refractivity contribution >= 4 is 10.0 Å². The fraction of sp³-hybridized carbons (Fsp3) is 0.250. The van der Waals surface area contributed by atoms with E-state index >= 15 is 0 Å². The summed E-state index contributed by atoms with van der Waals surface area (Å²) in [7, 11) is -2.09. The van der Waals surface area contributed by atoms with Crippen LogP contribution < -0.4 is 9.46 Å². The van der Waals surface area contributed by atoms with Gasteiger partial charge in [-0.15, -0.1) is 0 Å². The van der Waals surface area contributed by atoms with E-state index in [4.69, 9.17) is 9.57 Å². The summed E-state index contributed by atoms with van der Waals surface area (Å²) in [6, 6.07) is 22.7. The zero-order valence-electron chi connectivity index (χ0n) is 17.6. The summed E-state index contributed by atoms with van der Waals surface area (Å²) in [4.78, 5) is 5.56. The smallest absolute Gasteiger partial charge is 0.219 e. The van der Waals surface area contributed by atoms with Crippen LogP contribution in [-0.4, -0.2) is 32.4 Å². The normalized spacial score (nSPS) is 19.2. The lowest BCUT2D eigenvalue weighted by molar-refractivity contribution is -0.110. The van der Waals surface area contributed by atoms with E-state index < -0.39 is 27.1 Å². The summed E-state index contributed by atoms with van der Waals surface area (Å²) in [5, 5.41) is 0.687. The highest BCUT2D eigenvalue weighted by Crippen LogP contribution is 2.34. The summed E-state index contributed by atoms with van der Waals surface area (Å²) >= 11 is 0. The maximum absolute atomic E-state index is 13.9. The minimum atomic E-state index is -3.80. The molecule has 0 radical (unpaired) electrons. The molecule has 3 aromatic carbocycles. The van der Waals surface area contributed by atoms with Gasteiger partial charge in [0.15, 0.2) is 0 Å². The largest absolute Gasteiger partial charge is 0.489 e. The second kappa shape index (κ2) is 9.79. The number of hydrogen-bond donors (Lipinski definition) is 1. The van der Waals surface area contributed by atoms with Crippen LogP contribution in [-0.2, 0) is 28.0 Å². The molecule has 0 bridgehead atoms. The molecule has 0 unspecified atom stereocenters. The number of rotatable bonds is 8. The third-order valence-corrected chi connectivity index (χ3v) is 7.19. The summed E-state index contributed by atoms with van der Waals surface area (Å²) in [5.74, 6) is 0.192. The average Bonchev–Trinajstić information content (AvgIpc) is 3.20. The molecule has 0 aliphatic carbocycles. The van der Waals surface area contributed by atoms with Crippen molar-refractivity contribution in [3.8, 4) is 5.75 Å². The van der Waals surface area contributed by atoms with E-state index in [1.807, 2.05) is 54.6 Å². The molecule has 4 rings (SSSR count). The highest BCUT2D eigenvalue weighted by molar-refractivity contribution is 7.90. The molecule has 32 heavy (non-hydrogen) atoms. The summed E-state index contributed by atoms with van der Waals surface area (Å²) in [6.07, 6.45) is 0. The summed E-state index contributed by atoms with van der Waals surface area (Å²) in [6.45, 7) is 0.290. The van der Waals surface area contributed by atoms with E-state index in [9.17, 15) is 12.8 Å². The van der Waals surface area contributed by atoms with Gasteiger partial charge in [0.2, 0.25) is 10.0 Å². The molecule has 1 N–H and O–H groups in total. The van der Waals surface area contributed by atoms with Gasteiger partial charge in [-0.2, -0.15) is 5.06 Å². The van der Waals surface area contributed by atoms with Gasteiger partial charge in [-0.1, -0.05) is 60.7 Å². The van der Waals surface area contributed by atoms with Crippen LogP contribution >= 0.6 is 0 Å². The molecule has 6 nitrogen and oxygen atoms in total. The van der Waals surface area contributed by atoms with Crippen molar-refractivity contribution in [3.63, 3.8) is 0 Å². The zero-order valence-corrected chi connectivity index (χ0v) is 18.5. The van der Waals surface area contributed by atoms with Gasteiger partial charge in [-0.3, -0.25) is 4.84 Å². The lowest BCUT2D eigenvalue weighted by Gasteiger charge is -2.23. The maximum Gasteiger partial charge on any atom is 0.219 e. The molecule has 0 aromatic heterocycles. The number of nitrogens with one attached hydrogen (secondary N) is 1. The number of sulfonamides is 1. The molecule has 1 saturated heterocycles. The van der Waals surface area contributed by atoms with Gasteiger partial charge in [0.25, 0.3) is 0 Å². The first-order valence-corrected chi connectivity index (χ1v) is 11.8. The minimum Gasteiger partial charge on any atom is -0.489 e. The van der Waals surface area contributed by atoms with E-state index in [0.717, 1.165) is 11.1 Å². The predicted molar refractivity (Wildman–Crippen MR) is 120 cm³/mol. The quantitative estimate of drug-likeness (QED) is 0.558. The highest BCUT2D eigenvalue weighted by Gasteiger charge is 2.43. The fourth-order valence-corrected chi connectivity index (χ4v) is 5.22. The first-order valence-electron chi connectivity index (χ1n) is 10.3. The van der Waals surface area contributed by atoms with Crippen LogP contribution in [0.3, 0.4) is 0 Å². The number of benzene rings is 3. The van der Waals surface area contributed by atoms with Crippen LogP contribution in [0.5, 0.6) is 5.75 Å². The Kier molecular flexibility index (Phi) is 6.86. The Morgan fingerprint density at radius 2 is 1.81 bits per heavy atom. The Bertz CT molecular complexity index is 1160. The van der Waals surface area contributed by atoms with Gasteiger partial charge in [0, 0.05) is 19.2 Å². The van der Waals surface area contributed by atoms with E-state index in [0.29, 0.717) is 12.4 Å². The molecule has 3 aromatic rings. The molecule has 0 amide bonds. The van der Waals surface area contributed by atoms with Gasteiger partial charge in [-0.05, 0) is 29.3 Å². The van der Waals surface area contributed by atoms with Crippen LogP contribution in [0.1, 0.15) is 22.7 Å². The molecule has 2 atom stereocenters. The second-order valence-electron chi connectivity index (χ2n) is 7.63. The number of hydrogen-bond acceptors (Lipinski definition) is 5. The van der Waals surface area contributed by atoms with Crippen molar-refractivity contribution < 1.29 is 22.4 Å². The van der Waals surface area contributed by atoms with Crippen LogP contribution in [0.15, 0.2) is 78.9 Å². The van der Waals surface area contributed by atoms with E-state index in [-0.39, 0.29) is 18.7 Å². The number of ether oxygens (including phenoxy) is 1. The summed E-state index contributed by atoms with van der Waals surface area (Å²) in [5.41, 5.74) is 2.09. The predicted octanol–water partition coefficient (Wildman–Crippen LogP) is 3.81. The Balaban J connectivity index is 1.49. The maximum atomic E-state index is 13.9. The molecule has 168 valence electrons. The molecule has 8 heteroatoms. The van der Waals surface area contributed by atoms with Crippen molar-refractivity contribution in [1.82, 2.24) is 9.79 Å². The third kappa shape index (κ3) is 5.16. The summed E-state index contributed by atoms with van der Waals surface area (Å²) < 4.78 is 48.5. The molecule has 1 fully saturated rings. The first-order chi connectivity index (χ1) is 15.4. The van der Waals surface area contributed by atoms with Crippen molar-refractivity contribution in [2.75, 3.05) is 13.7 Å². The lowest BCUT2D eigenvalue weighted by atomic mass is 10.0. The SMILES string of the molecule is CN1OC[C@H](S(=O)(=O)NCc2ccccc2F)[C@@H]1c1cccc(OCc2ccccc2)c1.